The molecule has 0 aliphatic carbocycles. The lowest BCUT2D eigenvalue weighted by Gasteiger charge is -2.39. The fraction of sp³-hybridized carbons (Fsp3) is 0.333. The number of carbonyl (C=O) groups is 2. The molecule has 0 radical (unpaired) electrons. The number of hydrogen-bond donors (Lipinski definition) is 1. The number of fused-ring (bicyclic) bond motifs is 3. The Morgan fingerprint density at radius 1 is 1.25 bits per heavy atom. The number of hydrogen-bond acceptors (Lipinski definition) is 2. The third-order valence-corrected chi connectivity index (χ3v) is 3.27. The van der Waals surface area contributed by atoms with Gasteiger partial charge in [0.2, 0.25) is 11.8 Å². The van der Waals surface area contributed by atoms with Crippen LogP contribution in [0.15, 0.2) is 24.3 Å². The summed E-state index contributed by atoms with van der Waals surface area (Å²) in [5.41, 5.74) is 2.15. The van der Waals surface area contributed by atoms with Gasteiger partial charge in [-0.25, -0.2) is 0 Å². The minimum absolute atomic E-state index is 0.0131. The summed E-state index contributed by atoms with van der Waals surface area (Å²) in [6, 6.07) is 7.43. The van der Waals surface area contributed by atoms with Crippen molar-refractivity contribution in [3.63, 3.8) is 0 Å². The lowest BCUT2D eigenvalue weighted by atomic mass is 9.91. The van der Waals surface area contributed by atoms with Gasteiger partial charge in [-0.05, 0) is 17.5 Å². The van der Waals surface area contributed by atoms with Crippen molar-refractivity contribution < 1.29 is 9.59 Å². The van der Waals surface area contributed by atoms with E-state index in [-0.39, 0.29) is 18.4 Å². The molecular formula is C12H12N2O2. The van der Waals surface area contributed by atoms with Crippen molar-refractivity contribution in [2.24, 2.45) is 0 Å². The number of amides is 2. The molecule has 1 aromatic rings. The Labute approximate surface area is 93.2 Å². The van der Waals surface area contributed by atoms with E-state index < -0.39 is 6.04 Å². The number of benzene rings is 1. The van der Waals surface area contributed by atoms with E-state index in [9.17, 15) is 9.59 Å². The minimum Gasteiger partial charge on any atom is -0.345 e. The SMILES string of the molecule is O=C1NCC(=O)N2CCc3ccccc3[C@H]12. The van der Waals surface area contributed by atoms with Crippen molar-refractivity contribution in [1.29, 1.82) is 0 Å². The van der Waals surface area contributed by atoms with E-state index in [2.05, 4.69) is 5.32 Å². The number of nitrogens with zero attached hydrogens (tertiary/aromatic N) is 1. The average molecular weight is 216 g/mol. The predicted octanol–water partition coefficient (Wildman–Crippen LogP) is 0.242. The first-order chi connectivity index (χ1) is 7.77. The maximum atomic E-state index is 11.8. The molecule has 1 N–H and O–H groups in total. The quantitative estimate of drug-likeness (QED) is 0.675. The second-order valence-corrected chi connectivity index (χ2v) is 4.16. The van der Waals surface area contributed by atoms with Crippen LogP contribution >= 0.6 is 0 Å². The summed E-state index contributed by atoms with van der Waals surface area (Å²) in [5, 5.41) is 2.64. The number of carbonyl (C=O) groups excluding carboxylic acids is 2. The van der Waals surface area contributed by atoms with Crippen LogP contribution in [-0.2, 0) is 16.0 Å². The number of piperazine rings is 1. The van der Waals surface area contributed by atoms with Crippen LogP contribution in [0.4, 0.5) is 0 Å². The molecule has 2 heterocycles. The summed E-state index contributed by atoms with van der Waals surface area (Å²) in [6.45, 7) is 0.783. The van der Waals surface area contributed by atoms with Crippen molar-refractivity contribution in [2.75, 3.05) is 13.1 Å². The normalized spacial score (nSPS) is 23.5. The van der Waals surface area contributed by atoms with Gasteiger partial charge in [0.05, 0.1) is 6.54 Å². The van der Waals surface area contributed by atoms with Crippen LogP contribution < -0.4 is 5.32 Å². The van der Waals surface area contributed by atoms with Crippen LogP contribution in [0.5, 0.6) is 0 Å². The second-order valence-electron chi connectivity index (χ2n) is 4.16. The van der Waals surface area contributed by atoms with Crippen LogP contribution in [0.1, 0.15) is 17.2 Å². The molecule has 16 heavy (non-hydrogen) atoms. The molecular weight excluding hydrogens is 204 g/mol. The zero-order chi connectivity index (χ0) is 11.1. The van der Waals surface area contributed by atoms with Crippen molar-refractivity contribution in [1.82, 2.24) is 10.2 Å². The first kappa shape index (κ1) is 9.39. The van der Waals surface area contributed by atoms with E-state index in [0.29, 0.717) is 6.54 Å². The van der Waals surface area contributed by atoms with Crippen LogP contribution in [0.2, 0.25) is 0 Å². The highest BCUT2D eigenvalue weighted by Crippen LogP contribution is 2.31. The molecule has 1 aromatic carbocycles. The van der Waals surface area contributed by atoms with Gasteiger partial charge in [0.15, 0.2) is 0 Å². The maximum absolute atomic E-state index is 11.8. The van der Waals surface area contributed by atoms with Gasteiger partial charge >= 0.3 is 0 Å². The molecule has 0 aromatic heterocycles. The zero-order valence-corrected chi connectivity index (χ0v) is 8.77. The van der Waals surface area contributed by atoms with E-state index in [0.717, 1.165) is 12.0 Å². The smallest absolute Gasteiger partial charge is 0.247 e. The topological polar surface area (TPSA) is 49.4 Å². The van der Waals surface area contributed by atoms with Gasteiger partial charge in [-0.3, -0.25) is 9.59 Å². The molecule has 1 saturated heterocycles. The van der Waals surface area contributed by atoms with E-state index >= 15 is 0 Å². The summed E-state index contributed by atoms with van der Waals surface area (Å²) in [4.78, 5) is 25.2. The maximum Gasteiger partial charge on any atom is 0.247 e. The average Bonchev–Trinajstić information content (AvgIpc) is 2.33. The highest BCUT2D eigenvalue weighted by Gasteiger charge is 2.38. The summed E-state index contributed by atoms with van der Waals surface area (Å²) >= 11 is 0. The molecule has 4 heteroatoms. The van der Waals surface area contributed by atoms with E-state index in [4.69, 9.17) is 0 Å². The van der Waals surface area contributed by atoms with E-state index in [1.54, 1.807) is 4.90 Å². The molecule has 3 rings (SSSR count). The lowest BCUT2D eigenvalue weighted by Crippen LogP contribution is -2.55. The van der Waals surface area contributed by atoms with Gasteiger partial charge in [0, 0.05) is 6.54 Å². The molecule has 2 aliphatic rings. The first-order valence-corrected chi connectivity index (χ1v) is 5.42. The van der Waals surface area contributed by atoms with Crippen molar-refractivity contribution >= 4 is 11.8 Å². The zero-order valence-electron chi connectivity index (χ0n) is 8.77. The Kier molecular flexibility index (Phi) is 1.96. The Hall–Kier alpha value is -1.84. The van der Waals surface area contributed by atoms with Crippen LogP contribution in [0.25, 0.3) is 0 Å². The second kappa shape index (κ2) is 3.33. The highest BCUT2D eigenvalue weighted by atomic mass is 16.2. The molecule has 0 saturated carbocycles. The number of nitrogens with one attached hydrogen (secondary N) is 1. The summed E-state index contributed by atoms with van der Waals surface area (Å²) in [6.07, 6.45) is 0.839. The Morgan fingerprint density at radius 3 is 2.94 bits per heavy atom. The fourth-order valence-electron chi connectivity index (χ4n) is 2.48. The molecule has 2 amide bonds. The van der Waals surface area contributed by atoms with Crippen LogP contribution in [0, 0.1) is 0 Å². The monoisotopic (exact) mass is 216 g/mol. The van der Waals surface area contributed by atoms with Crippen molar-refractivity contribution in [3.05, 3.63) is 35.4 Å². The van der Waals surface area contributed by atoms with Crippen LogP contribution in [-0.4, -0.2) is 29.8 Å². The first-order valence-electron chi connectivity index (χ1n) is 5.42. The molecule has 2 aliphatic heterocycles. The molecule has 0 unspecified atom stereocenters. The Bertz CT molecular complexity index is 470. The van der Waals surface area contributed by atoms with E-state index in [1.807, 2.05) is 24.3 Å². The van der Waals surface area contributed by atoms with Gasteiger partial charge in [-0.2, -0.15) is 0 Å². The van der Waals surface area contributed by atoms with Gasteiger partial charge < -0.3 is 10.2 Å². The standard InChI is InChI=1S/C12H12N2O2/c15-10-7-13-12(16)11-9-4-2-1-3-8(9)5-6-14(10)11/h1-4,11H,5-7H2,(H,13,16)/t11-/m1/s1. The largest absolute Gasteiger partial charge is 0.345 e. The predicted molar refractivity (Wildman–Crippen MR) is 57.6 cm³/mol. The minimum atomic E-state index is -0.411. The molecule has 82 valence electrons. The third-order valence-electron chi connectivity index (χ3n) is 3.27. The summed E-state index contributed by atoms with van der Waals surface area (Å²) in [5.74, 6) is -0.0501. The van der Waals surface area contributed by atoms with Gasteiger partial charge in [0.25, 0.3) is 0 Å². The Balaban J connectivity index is 2.09. The van der Waals surface area contributed by atoms with Crippen LogP contribution in [0.3, 0.4) is 0 Å². The molecule has 1 fully saturated rings. The Morgan fingerprint density at radius 2 is 2.06 bits per heavy atom. The molecule has 0 spiro atoms. The molecule has 0 bridgehead atoms. The summed E-state index contributed by atoms with van der Waals surface area (Å²) < 4.78 is 0. The van der Waals surface area contributed by atoms with E-state index in [1.165, 1.54) is 5.56 Å². The number of rotatable bonds is 0. The van der Waals surface area contributed by atoms with Gasteiger partial charge in [-0.1, -0.05) is 24.3 Å². The molecule has 1 atom stereocenters. The van der Waals surface area contributed by atoms with Crippen molar-refractivity contribution in [3.8, 4) is 0 Å². The fourth-order valence-corrected chi connectivity index (χ4v) is 2.48. The van der Waals surface area contributed by atoms with Gasteiger partial charge in [0.1, 0.15) is 6.04 Å². The summed E-state index contributed by atoms with van der Waals surface area (Å²) in [7, 11) is 0. The van der Waals surface area contributed by atoms with Crippen molar-refractivity contribution in [2.45, 2.75) is 12.5 Å². The third kappa shape index (κ3) is 1.23. The molecule has 4 nitrogen and oxygen atoms in total. The lowest BCUT2D eigenvalue weighted by molar-refractivity contribution is -0.146. The highest BCUT2D eigenvalue weighted by molar-refractivity contribution is 5.96. The van der Waals surface area contributed by atoms with Gasteiger partial charge in [-0.15, -0.1) is 0 Å².